The smallest absolute Gasteiger partial charge is 0.224 e. The van der Waals surface area contributed by atoms with E-state index in [-0.39, 0.29) is 0 Å². The maximum absolute atomic E-state index is 4.40. The lowest BCUT2D eigenvalue weighted by Crippen LogP contribution is -2.38. The number of hydrogen-bond acceptors (Lipinski definition) is 5. The first kappa shape index (κ1) is 15.5. The minimum atomic E-state index is 0.639. The molecule has 20 heavy (non-hydrogen) atoms. The molecule has 1 fully saturated rings. The zero-order chi connectivity index (χ0) is 14.4. The molecule has 1 aromatic heterocycles. The Morgan fingerprint density at radius 3 is 3.05 bits per heavy atom. The number of hydrogen-bond donors (Lipinski definition) is 2. The fraction of sp³-hybridized carbons (Fsp3) is 0.714. The third-order valence-corrected chi connectivity index (χ3v) is 4.40. The lowest BCUT2D eigenvalue weighted by Gasteiger charge is -2.33. The summed E-state index contributed by atoms with van der Waals surface area (Å²) in [6, 6.07) is 0.741. The van der Waals surface area contributed by atoms with Crippen LogP contribution in [0.2, 0.25) is 0 Å². The average Bonchev–Trinajstić information content (AvgIpc) is 2.47. The van der Waals surface area contributed by atoms with Crippen LogP contribution in [0, 0.1) is 0 Å². The number of halogens is 1. The highest BCUT2D eigenvalue weighted by Gasteiger charge is 2.17. The van der Waals surface area contributed by atoms with Crippen LogP contribution in [0.5, 0.6) is 0 Å². The van der Waals surface area contributed by atoms with Gasteiger partial charge in [-0.05, 0) is 48.7 Å². The van der Waals surface area contributed by atoms with Gasteiger partial charge in [-0.3, -0.25) is 0 Å². The number of rotatable bonds is 6. The van der Waals surface area contributed by atoms with E-state index in [2.05, 4.69) is 48.4 Å². The lowest BCUT2D eigenvalue weighted by molar-refractivity contribution is 0.160. The van der Waals surface area contributed by atoms with Gasteiger partial charge in [0.2, 0.25) is 5.95 Å². The first-order chi connectivity index (χ1) is 9.70. The fourth-order valence-electron chi connectivity index (χ4n) is 2.59. The predicted molar refractivity (Wildman–Crippen MR) is 87.3 cm³/mol. The summed E-state index contributed by atoms with van der Waals surface area (Å²) in [6.07, 6.45) is 6.98. The Bertz CT molecular complexity index is 426. The van der Waals surface area contributed by atoms with Gasteiger partial charge in [0.1, 0.15) is 5.82 Å². The molecule has 0 saturated carbocycles. The Kier molecular flexibility index (Phi) is 6.04. The summed E-state index contributed by atoms with van der Waals surface area (Å²) in [7, 11) is 1.82. The van der Waals surface area contributed by atoms with Crippen LogP contribution in [0.4, 0.5) is 11.8 Å². The molecular weight excluding hydrogens is 318 g/mol. The molecular formula is C14H24BrN5. The van der Waals surface area contributed by atoms with Gasteiger partial charge in [-0.25, -0.2) is 4.98 Å². The third-order valence-electron chi connectivity index (χ3n) is 3.82. The van der Waals surface area contributed by atoms with Gasteiger partial charge in [0.05, 0.1) is 4.47 Å². The van der Waals surface area contributed by atoms with Crippen LogP contribution in [-0.2, 0) is 0 Å². The molecule has 1 atom stereocenters. The van der Waals surface area contributed by atoms with Crippen LogP contribution in [0.3, 0.4) is 0 Å². The minimum Gasteiger partial charge on any atom is -0.369 e. The summed E-state index contributed by atoms with van der Waals surface area (Å²) in [5, 5.41) is 6.33. The van der Waals surface area contributed by atoms with Crippen LogP contribution >= 0.6 is 15.9 Å². The second kappa shape index (κ2) is 7.78. The van der Waals surface area contributed by atoms with Crippen molar-refractivity contribution >= 4 is 27.7 Å². The number of aromatic nitrogens is 2. The van der Waals surface area contributed by atoms with Crippen molar-refractivity contribution in [1.29, 1.82) is 0 Å². The number of piperidine rings is 1. The molecule has 5 nitrogen and oxygen atoms in total. The van der Waals surface area contributed by atoms with Gasteiger partial charge in [0, 0.05) is 32.4 Å². The van der Waals surface area contributed by atoms with Crippen molar-refractivity contribution in [1.82, 2.24) is 14.9 Å². The van der Waals surface area contributed by atoms with E-state index in [0.29, 0.717) is 5.95 Å². The predicted octanol–water partition coefficient (Wildman–Crippen LogP) is 2.96. The molecule has 0 radical (unpaired) electrons. The Hall–Kier alpha value is -0.880. The standard InChI is InChI=1S/C14H24BrN5/c1-11-6-3-4-8-20(11)9-5-7-17-13-12(15)10-18-14(16-2)19-13/h10-11H,3-9H2,1-2H3,(H2,16,17,18,19). The summed E-state index contributed by atoms with van der Waals surface area (Å²) >= 11 is 3.47. The van der Waals surface area contributed by atoms with E-state index in [1.54, 1.807) is 6.20 Å². The van der Waals surface area contributed by atoms with E-state index in [1.165, 1.54) is 25.8 Å². The molecule has 2 heterocycles. The summed E-state index contributed by atoms with van der Waals surface area (Å²) in [4.78, 5) is 11.1. The first-order valence-corrected chi connectivity index (χ1v) is 8.18. The Morgan fingerprint density at radius 1 is 1.45 bits per heavy atom. The largest absolute Gasteiger partial charge is 0.369 e. The van der Waals surface area contributed by atoms with E-state index in [1.807, 2.05) is 7.05 Å². The van der Waals surface area contributed by atoms with Gasteiger partial charge >= 0.3 is 0 Å². The number of likely N-dealkylation sites (tertiary alicyclic amines) is 1. The zero-order valence-electron chi connectivity index (χ0n) is 12.3. The molecule has 0 amide bonds. The molecule has 2 rings (SSSR count). The number of nitrogens with one attached hydrogen (secondary N) is 2. The van der Waals surface area contributed by atoms with E-state index in [9.17, 15) is 0 Å². The van der Waals surface area contributed by atoms with E-state index >= 15 is 0 Å². The van der Waals surface area contributed by atoms with Gasteiger partial charge in [-0.2, -0.15) is 4.98 Å². The molecule has 2 N–H and O–H groups in total. The van der Waals surface area contributed by atoms with E-state index in [0.717, 1.165) is 35.8 Å². The second-order valence-electron chi connectivity index (χ2n) is 5.30. The molecule has 1 saturated heterocycles. The van der Waals surface area contributed by atoms with Gasteiger partial charge in [-0.1, -0.05) is 6.42 Å². The molecule has 112 valence electrons. The van der Waals surface area contributed by atoms with Gasteiger partial charge < -0.3 is 15.5 Å². The average molecular weight is 342 g/mol. The highest BCUT2D eigenvalue weighted by Crippen LogP contribution is 2.20. The summed E-state index contributed by atoms with van der Waals surface area (Å²) in [5.41, 5.74) is 0. The lowest BCUT2D eigenvalue weighted by atomic mass is 10.0. The van der Waals surface area contributed by atoms with Crippen molar-refractivity contribution in [3.05, 3.63) is 10.7 Å². The summed E-state index contributed by atoms with van der Waals surface area (Å²) in [5.74, 6) is 1.50. The maximum Gasteiger partial charge on any atom is 0.224 e. The van der Waals surface area contributed by atoms with Gasteiger partial charge in [0.15, 0.2) is 0 Å². The van der Waals surface area contributed by atoms with Gasteiger partial charge in [0.25, 0.3) is 0 Å². The minimum absolute atomic E-state index is 0.639. The third kappa shape index (κ3) is 4.31. The summed E-state index contributed by atoms with van der Waals surface area (Å²) in [6.45, 7) is 5.69. The highest BCUT2D eigenvalue weighted by molar-refractivity contribution is 9.10. The number of nitrogens with zero attached hydrogens (tertiary/aromatic N) is 3. The fourth-order valence-corrected chi connectivity index (χ4v) is 2.92. The van der Waals surface area contributed by atoms with Crippen LogP contribution in [-0.4, -0.2) is 47.6 Å². The molecule has 0 bridgehead atoms. The van der Waals surface area contributed by atoms with Crippen molar-refractivity contribution in [2.24, 2.45) is 0 Å². The van der Waals surface area contributed by atoms with Crippen molar-refractivity contribution in [3.8, 4) is 0 Å². The molecule has 1 unspecified atom stereocenters. The Morgan fingerprint density at radius 2 is 2.30 bits per heavy atom. The molecule has 1 aliphatic heterocycles. The van der Waals surface area contributed by atoms with E-state index < -0.39 is 0 Å². The Balaban J connectivity index is 1.75. The monoisotopic (exact) mass is 341 g/mol. The normalized spacial score (nSPS) is 19.9. The van der Waals surface area contributed by atoms with Crippen molar-refractivity contribution in [2.45, 2.75) is 38.6 Å². The zero-order valence-corrected chi connectivity index (χ0v) is 13.9. The summed E-state index contributed by atoms with van der Waals surface area (Å²) < 4.78 is 0.905. The van der Waals surface area contributed by atoms with Crippen molar-refractivity contribution in [3.63, 3.8) is 0 Å². The molecule has 0 aliphatic carbocycles. The quantitative estimate of drug-likeness (QED) is 0.779. The maximum atomic E-state index is 4.40. The highest BCUT2D eigenvalue weighted by atomic mass is 79.9. The molecule has 0 spiro atoms. The number of anilines is 2. The van der Waals surface area contributed by atoms with Crippen molar-refractivity contribution in [2.75, 3.05) is 37.3 Å². The molecule has 0 aromatic carbocycles. The van der Waals surface area contributed by atoms with Crippen molar-refractivity contribution < 1.29 is 0 Å². The van der Waals surface area contributed by atoms with Gasteiger partial charge in [-0.15, -0.1) is 0 Å². The second-order valence-corrected chi connectivity index (χ2v) is 6.16. The van der Waals surface area contributed by atoms with Crippen LogP contribution in [0.25, 0.3) is 0 Å². The molecule has 6 heteroatoms. The molecule has 1 aromatic rings. The van der Waals surface area contributed by atoms with Crippen LogP contribution in [0.1, 0.15) is 32.6 Å². The topological polar surface area (TPSA) is 53.1 Å². The Labute approximate surface area is 129 Å². The molecule has 1 aliphatic rings. The first-order valence-electron chi connectivity index (χ1n) is 7.39. The SMILES string of the molecule is CNc1ncc(Br)c(NCCCN2CCCCC2C)n1. The van der Waals surface area contributed by atoms with Crippen LogP contribution < -0.4 is 10.6 Å². The van der Waals surface area contributed by atoms with E-state index in [4.69, 9.17) is 0 Å². The van der Waals surface area contributed by atoms with Crippen LogP contribution in [0.15, 0.2) is 10.7 Å².